The minimum absolute atomic E-state index is 0.0430. The second-order valence-corrected chi connectivity index (χ2v) is 13.4. The van der Waals surface area contributed by atoms with Gasteiger partial charge in [0.25, 0.3) is 10.0 Å². The number of carbonyl (C=O) groups is 2. The number of amides is 2. The molecule has 2 amide bonds. The fourth-order valence-corrected chi connectivity index (χ4v) is 6.26. The van der Waals surface area contributed by atoms with E-state index in [1.165, 1.54) is 28.8 Å². The van der Waals surface area contributed by atoms with E-state index in [1.54, 1.807) is 50.2 Å². The van der Waals surface area contributed by atoms with Crippen molar-refractivity contribution in [1.82, 2.24) is 10.2 Å². The van der Waals surface area contributed by atoms with Gasteiger partial charge >= 0.3 is 0 Å². The van der Waals surface area contributed by atoms with Crippen molar-refractivity contribution in [3.63, 3.8) is 0 Å². The van der Waals surface area contributed by atoms with E-state index >= 15 is 0 Å². The van der Waals surface area contributed by atoms with Crippen LogP contribution in [0.15, 0.2) is 87.1 Å². The van der Waals surface area contributed by atoms with Crippen molar-refractivity contribution in [2.45, 2.75) is 62.5 Å². The molecule has 0 spiro atoms. The molecule has 0 saturated carbocycles. The SMILES string of the molecule is CCOc1ccccc1N(CC(=O)N(Cc1ccc(Br)cc1)[C@H](C)C(=O)N[C@H](C)CC)S(=O)(=O)c1ccc(SC)cc1. The van der Waals surface area contributed by atoms with Gasteiger partial charge in [0.05, 0.1) is 17.2 Å². The number of carbonyl (C=O) groups excluding carboxylic acids is 2. The summed E-state index contributed by atoms with van der Waals surface area (Å²) in [5.41, 5.74) is 1.04. The molecule has 226 valence electrons. The van der Waals surface area contributed by atoms with E-state index in [4.69, 9.17) is 4.74 Å². The number of ether oxygens (including phenoxy) is 1. The van der Waals surface area contributed by atoms with Crippen LogP contribution in [0.1, 0.15) is 39.7 Å². The van der Waals surface area contributed by atoms with Crippen LogP contribution in [0.4, 0.5) is 5.69 Å². The number of benzene rings is 3. The van der Waals surface area contributed by atoms with Gasteiger partial charge in [-0.25, -0.2) is 8.42 Å². The summed E-state index contributed by atoms with van der Waals surface area (Å²) in [4.78, 5) is 29.7. The summed E-state index contributed by atoms with van der Waals surface area (Å²) in [5.74, 6) is -0.508. The molecule has 0 aliphatic rings. The lowest BCUT2D eigenvalue weighted by atomic mass is 10.1. The molecule has 0 radical (unpaired) electrons. The summed E-state index contributed by atoms with van der Waals surface area (Å²) in [6.45, 7) is 7.21. The molecule has 8 nitrogen and oxygen atoms in total. The number of sulfonamides is 1. The van der Waals surface area contributed by atoms with Crippen molar-refractivity contribution < 1.29 is 22.7 Å². The number of hydrogen-bond donors (Lipinski definition) is 1. The van der Waals surface area contributed by atoms with E-state index in [1.807, 2.05) is 44.4 Å². The molecule has 3 aromatic carbocycles. The first kappa shape index (κ1) is 33.5. The number of nitrogens with one attached hydrogen (secondary N) is 1. The van der Waals surface area contributed by atoms with E-state index in [2.05, 4.69) is 21.2 Å². The van der Waals surface area contributed by atoms with Crippen molar-refractivity contribution in [3.05, 3.63) is 82.8 Å². The first-order chi connectivity index (χ1) is 20.0. The van der Waals surface area contributed by atoms with Crippen LogP contribution in [0.2, 0.25) is 0 Å². The van der Waals surface area contributed by atoms with Gasteiger partial charge in [-0.15, -0.1) is 11.8 Å². The number of para-hydroxylation sites is 2. The van der Waals surface area contributed by atoms with Crippen molar-refractivity contribution in [3.8, 4) is 5.75 Å². The summed E-state index contributed by atoms with van der Waals surface area (Å²) >= 11 is 4.93. The van der Waals surface area contributed by atoms with Crippen molar-refractivity contribution in [1.29, 1.82) is 0 Å². The minimum Gasteiger partial charge on any atom is -0.492 e. The zero-order valence-corrected chi connectivity index (χ0v) is 27.8. The van der Waals surface area contributed by atoms with Crippen LogP contribution < -0.4 is 14.4 Å². The largest absolute Gasteiger partial charge is 0.492 e. The van der Waals surface area contributed by atoms with Crippen LogP contribution in [-0.4, -0.2) is 56.6 Å². The van der Waals surface area contributed by atoms with Gasteiger partial charge in [-0.1, -0.05) is 47.1 Å². The molecule has 0 heterocycles. The second-order valence-electron chi connectivity index (χ2n) is 9.73. The first-order valence-corrected chi connectivity index (χ1v) is 17.2. The molecule has 3 rings (SSSR count). The molecule has 0 unspecified atom stereocenters. The van der Waals surface area contributed by atoms with Gasteiger partial charge in [-0.2, -0.15) is 0 Å². The maximum atomic E-state index is 14.1. The van der Waals surface area contributed by atoms with Crippen molar-refractivity contribution in [2.24, 2.45) is 0 Å². The zero-order valence-electron chi connectivity index (χ0n) is 24.5. The van der Waals surface area contributed by atoms with Crippen LogP contribution >= 0.6 is 27.7 Å². The van der Waals surface area contributed by atoms with Gasteiger partial charge in [0, 0.05) is 22.0 Å². The Balaban J connectivity index is 2.07. The number of halogens is 1. The molecular weight excluding hydrogens is 638 g/mol. The average molecular weight is 677 g/mol. The van der Waals surface area contributed by atoms with Crippen LogP contribution in [-0.2, 0) is 26.2 Å². The van der Waals surface area contributed by atoms with Gasteiger partial charge in [-0.05, 0) is 87.5 Å². The van der Waals surface area contributed by atoms with E-state index in [0.717, 1.165) is 25.7 Å². The third-order valence-corrected chi connectivity index (χ3v) is 9.84. The molecule has 2 atom stereocenters. The number of anilines is 1. The molecular formula is C31H38BrN3O5S2. The molecule has 0 bridgehead atoms. The molecule has 0 fully saturated rings. The Morgan fingerprint density at radius 2 is 1.62 bits per heavy atom. The van der Waals surface area contributed by atoms with E-state index in [0.29, 0.717) is 12.4 Å². The lowest BCUT2D eigenvalue weighted by Crippen LogP contribution is -2.52. The second kappa shape index (κ2) is 15.5. The minimum atomic E-state index is -4.21. The van der Waals surface area contributed by atoms with Crippen LogP contribution in [0.3, 0.4) is 0 Å². The maximum Gasteiger partial charge on any atom is 0.264 e. The fraction of sp³-hybridized carbons (Fsp3) is 0.355. The molecule has 0 aliphatic carbocycles. The monoisotopic (exact) mass is 675 g/mol. The van der Waals surface area contributed by atoms with E-state index in [9.17, 15) is 18.0 Å². The molecule has 42 heavy (non-hydrogen) atoms. The maximum absolute atomic E-state index is 14.1. The molecule has 0 aromatic heterocycles. The topological polar surface area (TPSA) is 96.0 Å². The van der Waals surface area contributed by atoms with E-state index in [-0.39, 0.29) is 29.1 Å². The Morgan fingerprint density at radius 3 is 2.21 bits per heavy atom. The van der Waals surface area contributed by atoms with Gasteiger partial charge in [-0.3, -0.25) is 13.9 Å². The average Bonchev–Trinajstić information content (AvgIpc) is 2.99. The quantitative estimate of drug-likeness (QED) is 0.208. The Bertz CT molecular complexity index is 1450. The van der Waals surface area contributed by atoms with Crippen molar-refractivity contribution in [2.75, 3.05) is 23.7 Å². The highest BCUT2D eigenvalue weighted by Gasteiger charge is 2.34. The lowest BCUT2D eigenvalue weighted by Gasteiger charge is -2.33. The van der Waals surface area contributed by atoms with Gasteiger partial charge < -0.3 is 15.0 Å². The molecule has 3 aromatic rings. The highest BCUT2D eigenvalue weighted by Crippen LogP contribution is 2.33. The third-order valence-electron chi connectivity index (χ3n) is 6.79. The highest BCUT2D eigenvalue weighted by molar-refractivity contribution is 9.10. The number of nitrogens with zero attached hydrogens (tertiary/aromatic N) is 2. The Labute approximate surface area is 262 Å². The van der Waals surface area contributed by atoms with Gasteiger partial charge in [0.1, 0.15) is 18.3 Å². The van der Waals surface area contributed by atoms with Crippen LogP contribution in [0.25, 0.3) is 0 Å². The third kappa shape index (κ3) is 8.52. The summed E-state index contributed by atoms with van der Waals surface area (Å²) in [6.07, 6.45) is 2.64. The van der Waals surface area contributed by atoms with Crippen molar-refractivity contribution >= 4 is 55.2 Å². The first-order valence-electron chi connectivity index (χ1n) is 13.7. The van der Waals surface area contributed by atoms with Gasteiger partial charge in [0.15, 0.2) is 0 Å². The molecule has 0 saturated heterocycles. The summed E-state index contributed by atoms with van der Waals surface area (Å²) in [5, 5.41) is 2.94. The Hall–Kier alpha value is -3.02. The van der Waals surface area contributed by atoms with Gasteiger partial charge in [0.2, 0.25) is 11.8 Å². The Morgan fingerprint density at radius 1 is 0.976 bits per heavy atom. The molecule has 0 aliphatic heterocycles. The fourth-order valence-electron chi connectivity index (χ4n) is 4.16. The zero-order chi connectivity index (χ0) is 30.9. The van der Waals surface area contributed by atoms with Crippen LogP contribution in [0.5, 0.6) is 5.75 Å². The predicted octanol–water partition coefficient (Wildman–Crippen LogP) is 6.10. The van der Waals surface area contributed by atoms with Crippen LogP contribution in [0, 0.1) is 0 Å². The predicted molar refractivity (Wildman–Crippen MR) is 172 cm³/mol. The summed E-state index contributed by atoms with van der Waals surface area (Å²) < 4.78 is 36.0. The number of hydrogen-bond acceptors (Lipinski definition) is 6. The Kier molecular flexibility index (Phi) is 12.3. The van der Waals surface area contributed by atoms with E-state index < -0.39 is 28.5 Å². The smallest absolute Gasteiger partial charge is 0.264 e. The summed E-state index contributed by atoms with van der Waals surface area (Å²) in [6, 6.07) is 19.7. The molecule has 11 heteroatoms. The standard InChI is InChI=1S/C31H38BrN3O5S2/c1-6-22(3)33-31(37)23(4)34(20-24-12-14-25(32)15-13-24)30(36)21-35(28-10-8-9-11-29(28)40-7-2)42(38,39)27-18-16-26(41-5)17-19-27/h8-19,22-23H,6-7,20-21H2,1-5H3,(H,33,37)/t22-,23-/m1/s1. The number of thioether (sulfide) groups is 1. The summed E-state index contributed by atoms with van der Waals surface area (Å²) in [7, 11) is -4.21. The highest BCUT2D eigenvalue weighted by atomic mass is 79.9. The normalized spacial score (nSPS) is 12.7. The molecule has 1 N–H and O–H groups in total. The lowest BCUT2D eigenvalue weighted by molar-refractivity contribution is -0.139. The number of rotatable bonds is 14.